The molecule has 1 aromatic carbocycles. The number of rotatable bonds is 6. The molecule has 13 heteroatoms. The van der Waals surface area contributed by atoms with Gasteiger partial charge in [0.2, 0.25) is 11.6 Å². The predicted molar refractivity (Wildman–Crippen MR) is 91.3 cm³/mol. The van der Waals surface area contributed by atoms with Gasteiger partial charge in [-0.3, -0.25) is 4.52 Å². The molecule has 0 aliphatic rings. The molecule has 138 valence electrons. The van der Waals surface area contributed by atoms with Gasteiger partial charge in [0.05, 0.1) is 15.9 Å². The Bertz CT molecular complexity index is 1110. The molecule has 0 spiro atoms. The molecule has 10 nitrogen and oxygen atoms in total. The minimum atomic E-state index is -3.18. The average molecular weight is 448 g/mol. The lowest BCUT2D eigenvalue weighted by Crippen LogP contribution is -2.16. The molecule has 0 atom stereocenters. The van der Waals surface area contributed by atoms with Crippen molar-refractivity contribution in [3.8, 4) is 17.2 Å². The molecular formula is C13H11BrFN5O5S. The topological polar surface area (TPSA) is 133 Å². The summed E-state index contributed by atoms with van der Waals surface area (Å²) in [5, 5.41) is 13.7. The molecule has 0 fully saturated rings. The van der Waals surface area contributed by atoms with Crippen molar-refractivity contribution in [1.82, 2.24) is 20.0 Å². The zero-order chi connectivity index (χ0) is 18.9. The molecule has 2 heterocycles. The fraction of sp³-hybridized carbons (Fsp3) is 0.231. The van der Waals surface area contributed by atoms with Crippen LogP contribution < -0.4 is 11.1 Å². The summed E-state index contributed by atoms with van der Waals surface area (Å²) in [4.78, 5) is 12.0. The minimum absolute atomic E-state index is 0.0322. The van der Waals surface area contributed by atoms with Crippen LogP contribution in [0, 0.1) is 5.82 Å². The first-order valence-electron chi connectivity index (χ1n) is 7.05. The van der Waals surface area contributed by atoms with Gasteiger partial charge in [0.15, 0.2) is 5.69 Å². The van der Waals surface area contributed by atoms with Gasteiger partial charge in [-0.25, -0.2) is 26.8 Å². The van der Waals surface area contributed by atoms with Gasteiger partial charge in [0.25, 0.3) is 0 Å². The molecule has 0 radical (unpaired) electrons. The van der Waals surface area contributed by atoms with Gasteiger partial charge >= 0.3 is 5.76 Å². The number of nitrogens with one attached hydrogen (secondary N) is 1. The molecule has 0 amide bonds. The van der Waals surface area contributed by atoms with Crippen LogP contribution in [-0.4, -0.2) is 47.0 Å². The maximum atomic E-state index is 13.4. The first-order chi connectivity index (χ1) is 12.3. The Kier molecular flexibility index (Phi) is 4.91. The summed E-state index contributed by atoms with van der Waals surface area (Å²) in [7, 11) is -3.18. The normalized spacial score (nSPS) is 11.7. The van der Waals surface area contributed by atoms with Crippen LogP contribution in [0.5, 0.6) is 0 Å². The highest BCUT2D eigenvalue weighted by Crippen LogP contribution is 2.26. The maximum Gasteiger partial charge on any atom is 0.446 e. The van der Waals surface area contributed by atoms with Crippen LogP contribution in [0.2, 0.25) is 0 Å². The fourth-order valence-electron chi connectivity index (χ4n) is 2.06. The summed E-state index contributed by atoms with van der Waals surface area (Å²) >= 11 is 3.04. The van der Waals surface area contributed by atoms with Crippen molar-refractivity contribution < 1.29 is 22.0 Å². The molecule has 3 aromatic rings. The number of halogens is 2. The monoisotopic (exact) mass is 447 g/mol. The van der Waals surface area contributed by atoms with Crippen molar-refractivity contribution in [3.05, 3.63) is 39.0 Å². The lowest BCUT2D eigenvalue weighted by Gasteiger charge is -2.05. The second-order valence-corrected chi connectivity index (χ2v) is 8.34. The highest BCUT2D eigenvalue weighted by atomic mass is 79.9. The van der Waals surface area contributed by atoms with Crippen LogP contribution in [0.15, 0.2) is 36.6 Å². The quantitative estimate of drug-likeness (QED) is 0.591. The highest BCUT2D eigenvalue weighted by molar-refractivity contribution is 9.10. The second-order valence-electron chi connectivity index (χ2n) is 5.22. The first kappa shape index (κ1) is 18.3. The average Bonchev–Trinajstić information content (AvgIpc) is 3.15. The zero-order valence-corrected chi connectivity index (χ0v) is 15.5. The van der Waals surface area contributed by atoms with Crippen molar-refractivity contribution in [2.75, 3.05) is 23.9 Å². The van der Waals surface area contributed by atoms with E-state index in [1.807, 2.05) is 0 Å². The fourth-order valence-corrected chi connectivity index (χ4v) is 2.90. The van der Waals surface area contributed by atoms with Gasteiger partial charge < -0.3 is 5.32 Å². The number of hydrogen-bond donors (Lipinski definition) is 1. The van der Waals surface area contributed by atoms with E-state index < -0.39 is 21.4 Å². The summed E-state index contributed by atoms with van der Waals surface area (Å²) in [5.74, 6) is -1.45. The van der Waals surface area contributed by atoms with Gasteiger partial charge in [0.1, 0.15) is 15.7 Å². The van der Waals surface area contributed by atoms with Crippen molar-refractivity contribution in [2.24, 2.45) is 0 Å². The van der Waals surface area contributed by atoms with Crippen molar-refractivity contribution in [2.45, 2.75) is 0 Å². The van der Waals surface area contributed by atoms with Crippen LogP contribution in [0.25, 0.3) is 17.2 Å². The Hall–Kier alpha value is -2.54. The Morgan fingerprint density at radius 3 is 2.77 bits per heavy atom. The van der Waals surface area contributed by atoms with Crippen LogP contribution in [0.4, 0.5) is 10.2 Å². The van der Waals surface area contributed by atoms with Crippen LogP contribution in [-0.2, 0) is 9.84 Å². The van der Waals surface area contributed by atoms with Crippen LogP contribution in [0.3, 0.4) is 0 Å². The van der Waals surface area contributed by atoms with Crippen LogP contribution in [0.1, 0.15) is 0 Å². The third kappa shape index (κ3) is 3.83. The summed E-state index contributed by atoms with van der Waals surface area (Å²) < 4.78 is 46.4. The maximum absolute atomic E-state index is 13.4. The van der Waals surface area contributed by atoms with E-state index >= 15 is 0 Å². The molecule has 0 aliphatic carbocycles. The molecule has 0 bridgehead atoms. The van der Waals surface area contributed by atoms with Crippen molar-refractivity contribution in [3.63, 3.8) is 0 Å². The lowest BCUT2D eigenvalue weighted by atomic mass is 10.3. The molecular weight excluding hydrogens is 437 g/mol. The van der Waals surface area contributed by atoms with E-state index in [9.17, 15) is 17.6 Å². The van der Waals surface area contributed by atoms with E-state index in [2.05, 4.69) is 45.9 Å². The molecule has 0 saturated heterocycles. The SMILES string of the molecule is CS(=O)(=O)CCNc1nonc1-c1noc(=O)n1-c1ccc(F)c(Br)c1. The summed E-state index contributed by atoms with van der Waals surface area (Å²) in [5.41, 5.74) is 0.300. The molecule has 2 aromatic heterocycles. The molecule has 0 unspecified atom stereocenters. The van der Waals surface area contributed by atoms with Gasteiger partial charge in [-0.2, -0.15) is 0 Å². The molecule has 1 N–H and O–H groups in total. The third-order valence-electron chi connectivity index (χ3n) is 3.23. The standard InChI is InChI=1S/C13H11BrFN5O5S/c1-26(22,23)5-4-16-11-10(17-25-18-11)12-19-24-13(21)20(12)7-2-3-9(15)8(14)6-7/h2-3,6H,4-5H2,1H3,(H,16,18). The van der Waals surface area contributed by atoms with E-state index in [0.717, 1.165) is 16.9 Å². The lowest BCUT2D eigenvalue weighted by molar-refractivity contribution is 0.309. The summed E-state index contributed by atoms with van der Waals surface area (Å²) in [6.45, 7) is 0.0459. The number of anilines is 1. The third-order valence-corrected chi connectivity index (χ3v) is 4.79. The highest BCUT2D eigenvalue weighted by Gasteiger charge is 2.23. The molecule has 3 rings (SSSR count). The summed E-state index contributed by atoms with van der Waals surface area (Å²) in [6.07, 6.45) is 1.10. The largest absolute Gasteiger partial charge is 0.446 e. The minimum Gasteiger partial charge on any atom is -0.364 e. The number of hydrogen-bond acceptors (Lipinski definition) is 9. The van der Waals surface area contributed by atoms with Crippen LogP contribution >= 0.6 is 15.9 Å². The smallest absolute Gasteiger partial charge is 0.364 e. The number of aromatic nitrogens is 4. The van der Waals surface area contributed by atoms with Crippen molar-refractivity contribution >= 4 is 31.6 Å². The van der Waals surface area contributed by atoms with E-state index in [-0.39, 0.29) is 39.8 Å². The Balaban J connectivity index is 1.98. The Morgan fingerprint density at radius 2 is 2.08 bits per heavy atom. The zero-order valence-electron chi connectivity index (χ0n) is 13.1. The Labute approximate surface area is 154 Å². The molecule has 0 aliphatic heterocycles. The van der Waals surface area contributed by atoms with E-state index in [1.165, 1.54) is 12.1 Å². The molecule has 26 heavy (non-hydrogen) atoms. The van der Waals surface area contributed by atoms with Crippen molar-refractivity contribution in [1.29, 1.82) is 0 Å². The van der Waals surface area contributed by atoms with Gasteiger partial charge in [0, 0.05) is 12.8 Å². The van der Waals surface area contributed by atoms with E-state index in [1.54, 1.807) is 0 Å². The molecule has 0 saturated carbocycles. The van der Waals surface area contributed by atoms with E-state index in [0.29, 0.717) is 0 Å². The predicted octanol–water partition coefficient (Wildman–Crippen LogP) is 1.23. The van der Waals surface area contributed by atoms with E-state index in [4.69, 9.17) is 0 Å². The number of benzene rings is 1. The van der Waals surface area contributed by atoms with Gasteiger partial charge in [-0.05, 0) is 44.4 Å². The van der Waals surface area contributed by atoms with Gasteiger partial charge in [-0.1, -0.05) is 5.16 Å². The second kappa shape index (κ2) is 6.99. The first-order valence-corrected chi connectivity index (χ1v) is 9.90. The number of sulfone groups is 1. The van der Waals surface area contributed by atoms with Gasteiger partial charge in [-0.15, -0.1) is 0 Å². The summed E-state index contributed by atoms with van der Waals surface area (Å²) in [6, 6.07) is 3.88. The number of nitrogens with zero attached hydrogens (tertiary/aromatic N) is 4. The Morgan fingerprint density at radius 1 is 1.31 bits per heavy atom.